The zero-order valence-electron chi connectivity index (χ0n) is 6.94. The van der Waals surface area contributed by atoms with E-state index in [1.54, 1.807) is 0 Å². The van der Waals surface area contributed by atoms with Gasteiger partial charge in [-0.3, -0.25) is 0 Å². The van der Waals surface area contributed by atoms with Crippen molar-refractivity contribution in [2.45, 2.75) is 6.43 Å². The molecule has 0 radical (unpaired) electrons. The van der Waals surface area contributed by atoms with Crippen molar-refractivity contribution in [2.75, 3.05) is 12.3 Å². The fraction of sp³-hybridized carbons (Fsp3) is 0.250. The first-order valence-corrected chi connectivity index (χ1v) is 3.66. The number of hydrogen-bond acceptors (Lipinski definition) is 2. The predicted molar refractivity (Wildman–Crippen MR) is 42.3 cm³/mol. The number of alkyl halides is 2. The summed E-state index contributed by atoms with van der Waals surface area (Å²) in [6, 6.07) is 1.31. The van der Waals surface area contributed by atoms with Gasteiger partial charge in [-0.25, -0.2) is 17.6 Å². The first-order valence-electron chi connectivity index (χ1n) is 3.66. The number of nitrogens with two attached hydrogens (primary N) is 1. The van der Waals surface area contributed by atoms with Crippen LogP contribution in [0.3, 0.4) is 0 Å². The minimum atomic E-state index is -2.74. The second-order valence-electron chi connectivity index (χ2n) is 2.51. The van der Waals surface area contributed by atoms with Gasteiger partial charge in [0.05, 0.1) is 5.69 Å². The molecule has 0 bridgehead atoms. The Balaban J connectivity index is 2.82. The summed E-state index contributed by atoms with van der Waals surface area (Å²) in [6.45, 7) is -0.986. The van der Waals surface area contributed by atoms with Crippen LogP contribution in [0.5, 0.6) is 5.75 Å². The zero-order valence-corrected chi connectivity index (χ0v) is 6.94. The largest absolute Gasteiger partial charge is 0.484 e. The van der Waals surface area contributed by atoms with E-state index < -0.39 is 36.1 Å². The van der Waals surface area contributed by atoms with Gasteiger partial charge in [0.1, 0.15) is 12.4 Å². The lowest BCUT2D eigenvalue weighted by molar-refractivity contribution is 0.0797. The molecule has 0 unspecified atom stereocenters. The van der Waals surface area contributed by atoms with Crippen LogP contribution in [0, 0.1) is 11.6 Å². The standard InChI is InChI=1S/C8H7F4NO/c9-4-2-7(14-3-8(11)12)5(10)1-6(4)13/h1-2,8H,3,13H2. The van der Waals surface area contributed by atoms with Crippen molar-refractivity contribution in [1.82, 2.24) is 0 Å². The molecule has 2 N–H and O–H groups in total. The van der Waals surface area contributed by atoms with E-state index in [2.05, 4.69) is 4.74 Å². The minimum absolute atomic E-state index is 0.396. The molecule has 14 heavy (non-hydrogen) atoms. The Morgan fingerprint density at radius 2 is 1.86 bits per heavy atom. The minimum Gasteiger partial charge on any atom is -0.484 e. The van der Waals surface area contributed by atoms with Crippen LogP contribution in [0.1, 0.15) is 0 Å². The topological polar surface area (TPSA) is 35.2 Å². The summed E-state index contributed by atoms with van der Waals surface area (Å²) in [5.41, 5.74) is 4.63. The molecule has 0 saturated heterocycles. The molecule has 0 atom stereocenters. The second kappa shape index (κ2) is 4.17. The van der Waals surface area contributed by atoms with Crippen molar-refractivity contribution in [3.05, 3.63) is 23.8 Å². The first-order chi connectivity index (χ1) is 6.50. The van der Waals surface area contributed by atoms with Gasteiger partial charge in [-0.15, -0.1) is 0 Å². The third kappa shape index (κ3) is 2.51. The quantitative estimate of drug-likeness (QED) is 0.611. The van der Waals surface area contributed by atoms with Gasteiger partial charge in [0.15, 0.2) is 11.6 Å². The number of rotatable bonds is 3. The van der Waals surface area contributed by atoms with E-state index in [0.29, 0.717) is 12.1 Å². The van der Waals surface area contributed by atoms with Crippen LogP contribution in [0.4, 0.5) is 23.2 Å². The molecule has 0 aromatic heterocycles. The lowest BCUT2D eigenvalue weighted by Crippen LogP contribution is -2.08. The summed E-state index contributed by atoms with van der Waals surface area (Å²) in [6.07, 6.45) is -2.74. The molecule has 1 aromatic carbocycles. The van der Waals surface area contributed by atoms with Crippen LogP contribution in [0.25, 0.3) is 0 Å². The van der Waals surface area contributed by atoms with Gasteiger partial charge in [-0.1, -0.05) is 0 Å². The van der Waals surface area contributed by atoms with Crippen LogP contribution in [-0.2, 0) is 0 Å². The Bertz CT molecular complexity index is 329. The Kier molecular flexibility index (Phi) is 3.16. The first kappa shape index (κ1) is 10.6. The van der Waals surface area contributed by atoms with Crippen LogP contribution in [0.15, 0.2) is 12.1 Å². The molecule has 0 amide bonds. The van der Waals surface area contributed by atoms with Gasteiger partial charge in [-0.2, -0.15) is 0 Å². The average Bonchev–Trinajstić information content (AvgIpc) is 2.09. The van der Waals surface area contributed by atoms with Crippen LogP contribution in [0.2, 0.25) is 0 Å². The number of nitrogen functional groups attached to an aromatic ring is 1. The van der Waals surface area contributed by atoms with Crippen LogP contribution < -0.4 is 10.5 Å². The molecule has 1 rings (SSSR count). The Morgan fingerprint density at radius 1 is 1.21 bits per heavy atom. The van der Waals surface area contributed by atoms with E-state index in [-0.39, 0.29) is 0 Å². The lowest BCUT2D eigenvalue weighted by Gasteiger charge is -2.07. The highest BCUT2D eigenvalue weighted by Gasteiger charge is 2.11. The summed E-state index contributed by atoms with van der Waals surface area (Å²) >= 11 is 0. The maximum Gasteiger partial charge on any atom is 0.272 e. The van der Waals surface area contributed by atoms with Crippen LogP contribution in [-0.4, -0.2) is 13.0 Å². The molecule has 6 heteroatoms. The summed E-state index contributed by atoms with van der Waals surface area (Å²) in [4.78, 5) is 0. The van der Waals surface area contributed by atoms with E-state index in [1.165, 1.54) is 0 Å². The van der Waals surface area contributed by atoms with E-state index in [4.69, 9.17) is 5.73 Å². The molecule has 0 aliphatic rings. The molecule has 78 valence electrons. The monoisotopic (exact) mass is 209 g/mol. The Labute approximate surface area is 77.3 Å². The van der Waals surface area contributed by atoms with Crippen molar-refractivity contribution in [3.8, 4) is 5.75 Å². The van der Waals surface area contributed by atoms with Gasteiger partial charge in [-0.05, 0) is 0 Å². The van der Waals surface area contributed by atoms with Crippen molar-refractivity contribution >= 4 is 5.69 Å². The second-order valence-corrected chi connectivity index (χ2v) is 2.51. The highest BCUT2D eigenvalue weighted by molar-refractivity contribution is 5.44. The zero-order chi connectivity index (χ0) is 10.7. The van der Waals surface area contributed by atoms with Gasteiger partial charge < -0.3 is 10.5 Å². The number of halogens is 4. The number of ether oxygens (including phenoxy) is 1. The molecular weight excluding hydrogens is 202 g/mol. The molecule has 0 aliphatic heterocycles. The molecular formula is C8H7F4NO. The van der Waals surface area contributed by atoms with E-state index in [9.17, 15) is 17.6 Å². The van der Waals surface area contributed by atoms with Crippen LogP contribution >= 0.6 is 0 Å². The van der Waals surface area contributed by atoms with E-state index in [0.717, 1.165) is 0 Å². The van der Waals surface area contributed by atoms with Crippen molar-refractivity contribution in [2.24, 2.45) is 0 Å². The third-order valence-electron chi connectivity index (χ3n) is 1.42. The fourth-order valence-electron chi connectivity index (χ4n) is 0.807. The van der Waals surface area contributed by atoms with Crippen molar-refractivity contribution < 1.29 is 22.3 Å². The SMILES string of the molecule is Nc1cc(F)c(OCC(F)F)cc1F. The van der Waals surface area contributed by atoms with Crippen molar-refractivity contribution in [3.63, 3.8) is 0 Å². The van der Waals surface area contributed by atoms with Gasteiger partial charge in [0.25, 0.3) is 6.43 Å². The maximum absolute atomic E-state index is 12.9. The van der Waals surface area contributed by atoms with E-state index in [1.807, 2.05) is 0 Å². The molecule has 0 heterocycles. The molecule has 1 aromatic rings. The Morgan fingerprint density at radius 3 is 2.43 bits per heavy atom. The number of hydrogen-bond donors (Lipinski definition) is 1. The summed E-state index contributed by atoms with van der Waals surface area (Å²) < 4.78 is 53.2. The summed E-state index contributed by atoms with van der Waals surface area (Å²) in [7, 11) is 0. The van der Waals surface area contributed by atoms with E-state index >= 15 is 0 Å². The molecule has 2 nitrogen and oxygen atoms in total. The fourth-order valence-corrected chi connectivity index (χ4v) is 0.807. The highest BCUT2D eigenvalue weighted by atomic mass is 19.3. The molecule has 0 saturated carbocycles. The normalized spacial score (nSPS) is 10.6. The van der Waals surface area contributed by atoms with Crippen molar-refractivity contribution in [1.29, 1.82) is 0 Å². The lowest BCUT2D eigenvalue weighted by atomic mass is 10.3. The third-order valence-corrected chi connectivity index (χ3v) is 1.42. The maximum atomic E-state index is 12.9. The molecule has 0 aliphatic carbocycles. The van der Waals surface area contributed by atoms with Gasteiger partial charge >= 0.3 is 0 Å². The predicted octanol–water partition coefficient (Wildman–Crippen LogP) is 2.19. The Hall–Kier alpha value is -1.46. The summed E-state index contributed by atoms with van der Waals surface area (Å²) in [5, 5.41) is 0. The van der Waals surface area contributed by atoms with Gasteiger partial charge in [0, 0.05) is 12.1 Å². The highest BCUT2D eigenvalue weighted by Crippen LogP contribution is 2.23. The number of anilines is 1. The smallest absolute Gasteiger partial charge is 0.272 e. The molecule has 0 spiro atoms. The molecule has 0 fully saturated rings. The summed E-state index contributed by atoms with van der Waals surface area (Å²) in [5.74, 6) is -2.45. The number of benzene rings is 1. The van der Waals surface area contributed by atoms with Gasteiger partial charge in [0.2, 0.25) is 0 Å². The average molecular weight is 209 g/mol.